The van der Waals surface area contributed by atoms with Crippen molar-refractivity contribution in [3.63, 3.8) is 0 Å². The van der Waals surface area contributed by atoms with Crippen LogP contribution in [0, 0.1) is 5.92 Å². The molecule has 1 aromatic rings. The summed E-state index contributed by atoms with van der Waals surface area (Å²) in [5.74, 6) is 0.522. The maximum absolute atomic E-state index is 4.37. The van der Waals surface area contributed by atoms with Gasteiger partial charge in [-0.1, -0.05) is 42.6 Å². The lowest BCUT2D eigenvalue weighted by molar-refractivity contribution is 0.789. The van der Waals surface area contributed by atoms with Crippen LogP contribution >= 0.6 is 15.3 Å². The fourth-order valence-electron chi connectivity index (χ4n) is 1.85. The zero-order valence-electron chi connectivity index (χ0n) is 9.65. The zero-order chi connectivity index (χ0) is 11.6. The first-order valence-electron chi connectivity index (χ1n) is 5.55. The molecule has 3 heteroatoms. The molecule has 0 fully saturated rings. The van der Waals surface area contributed by atoms with E-state index in [0.717, 1.165) is 6.42 Å². The minimum absolute atomic E-state index is 0.522. The molecule has 1 aliphatic carbocycles. The Bertz CT molecular complexity index is 417. The van der Waals surface area contributed by atoms with E-state index in [1.807, 2.05) is 12.3 Å². The summed E-state index contributed by atoms with van der Waals surface area (Å²) in [7, 11) is 0. The molecular formula is C13H16BrNSi. The van der Waals surface area contributed by atoms with Gasteiger partial charge in [-0.25, -0.2) is 0 Å². The highest BCUT2D eigenvalue weighted by Gasteiger charge is 2.24. The zero-order valence-corrected chi connectivity index (χ0v) is 12.2. The summed E-state index contributed by atoms with van der Waals surface area (Å²) in [4.78, 5) is 4.37. The van der Waals surface area contributed by atoms with Crippen LogP contribution in [0.15, 0.2) is 47.8 Å². The number of rotatable bonds is 3. The fourth-order valence-corrected chi connectivity index (χ4v) is 3.75. The van der Waals surface area contributed by atoms with Gasteiger partial charge in [-0.15, -0.1) is 15.3 Å². The summed E-state index contributed by atoms with van der Waals surface area (Å²) in [6.07, 6.45) is 9.82. The second-order valence-electron chi connectivity index (χ2n) is 4.64. The van der Waals surface area contributed by atoms with E-state index in [1.165, 1.54) is 10.9 Å². The van der Waals surface area contributed by atoms with E-state index in [2.05, 4.69) is 63.7 Å². The Kier molecular flexibility index (Phi) is 3.45. The van der Waals surface area contributed by atoms with Crippen LogP contribution in [0.1, 0.15) is 5.69 Å². The Morgan fingerprint density at radius 2 is 2.19 bits per heavy atom. The molecule has 0 saturated carbocycles. The van der Waals surface area contributed by atoms with Crippen LogP contribution in [-0.4, -0.2) is 11.7 Å². The Balaban J connectivity index is 2.06. The van der Waals surface area contributed by atoms with E-state index in [-0.39, 0.29) is 0 Å². The molecular weight excluding hydrogens is 278 g/mol. The maximum atomic E-state index is 4.37. The second-order valence-corrected chi connectivity index (χ2v) is 14.1. The minimum atomic E-state index is -1.32. The molecule has 1 atom stereocenters. The highest BCUT2D eigenvalue weighted by Crippen LogP contribution is 2.29. The van der Waals surface area contributed by atoms with Crippen LogP contribution in [0.3, 0.4) is 0 Å². The van der Waals surface area contributed by atoms with Gasteiger partial charge >= 0.3 is 0 Å². The normalized spacial score (nSPS) is 19.9. The number of halogens is 1. The molecule has 1 aromatic heterocycles. The van der Waals surface area contributed by atoms with Gasteiger partial charge in [0.05, 0.1) is 0 Å². The topological polar surface area (TPSA) is 12.9 Å². The molecule has 1 heterocycles. The van der Waals surface area contributed by atoms with Gasteiger partial charge in [0, 0.05) is 17.8 Å². The first kappa shape index (κ1) is 11.8. The number of hydrogen-bond acceptors (Lipinski definition) is 1. The van der Waals surface area contributed by atoms with Crippen LogP contribution < -0.4 is 0 Å². The van der Waals surface area contributed by atoms with Gasteiger partial charge in [0.1, 0.15) is 0 Å². The summed E-state index contributed by atoms with van der Waals surface area (Å²) >= 11 is 3.82. The quantitative estimate of drug-likeness (QED) is 0.609. The third-order valence-corrected chi connectivity index (χ3v) is 5.85. The summed E-state index contributed by atoms with van der Waals surface area (Å²) in [5, 5.41) is 1.49. The standard InChI is InChI=1S/C13H16BrNSi/c1-16(2,14)13-7-6-11(10-13)9-12-5-3-4-8-15-12/h3-8,10-11H,9H2,1-2H3. The van der Waals surface area contributed by atoms with Crippen LogP contribution in [0.4, 0.5) is 0 Å². The Labute approximate surface area is 106 Å². The minimum Gasteiger partial charge on any atom is -0.261 e. The van der Waals surface area contributed by atoms with Crippen molar-refractivity contribution in [3.8, 4) is 0 Å². The first-order valence-corrected chi connectivity index (χ1v) is 10.8. The number of pyridine rings is 1. The third kappa shape index (κ3) is 2.92. The van der Waals surface area contributed by atoms with E-state index < -0.39 is 6.69 Å². The predicted octanol–water partition coefficient (Wildman–Crippen LogP) is 3.88. The number of nitrogens with zero attached hydrogens (tertiary/aromatic N) is 1. The summed E-state index contributed by atoms with van der Waals surface area (Å²) in [6.45, 7) is 3.31. The van der Waals surface area contributed by atoms with Gasteiger partial charge < -0.3 is 0 Å². The third-order valence-electron chi connectivity index (χ3n) is 2.77. The molecule has 0 aromatic carbocycles. The van der Waals surface area contributed by atoms with E-state index in [9.17, 15) is 0 Å². The molecule has 0 bridgehead atoms. The van der Waals surface area contributed by atoms with Crippen LogP contribution in [0.5, 0.6) is 0 Å². The molecule has 84 valence electrons. The number of allylic oxidation sites excluding steroid dienone is 4. The van der Waals surface area contributed by atoms with Crippen molar-refractivity contribution in [2.45, 2.75) is 19.5 Å². The molecule has 0 saturated heterocycles. The van der Waals surface area contributed by atoms with Gasteiger partial charge in [0.2, 0.25) is 0 Å². The van der Waals surface area contributed by atoms with Crippen LogP contribution in [0.2, 0.25) is 13.1 Å². The number of aromatic nitrogens is 1. The monoisotopic (exact) mass is 293 g/mol. The Hall–Kier alpha value is -0.673. The van der Waals surface area contributed by atoms with Crippen LogP contribution in [0.25, 0.3) is 0 Å². The van der Waals surface area contributed by atoms with Gasteiger partial charge in [-0.2, -0.15) is 0 Å². The van der Waals surface area contributed by atoms with Crippen molar-refractivity contribution in [1.82, 2.24) is 4.98 Å². The molecule has 16 heavy (non-hydrogen) atoms. The van der Waals surface area contributed by atoms with Crippen molar-refractivity contribution in [2.24, 2.45) is 5.92 Å². The lowest BCUT2D eigenvalue weighted by atomic mass is 10.1. The van der Waals surface area contributed by atoms with E-state index in [4.69, 9.17) is 0 Å². The smallest absolute Gasteiger partial charge is 0.154 e. The SMILES string of the molecule is C[Si](C)(Br)C1=CC(Cc2ccccn2)C=C1. The van der Waals surface area contributed by atoms with Gasteiger partial charge in [-0.3, -0.25) is 4.98 Å². The van der Waals surface area contributed by atoms with Gasteiger partial charge in [-0.05, 0) is 18.6 Å². The largest absolute Gasteiger partial charge is 0.261 e. The van der Waals surface area contributed by atoms with Crippen molar-refractivity contribution in [1.29, 1.82) is 0 Å². The van der Waals surface area contributed by atoms with Gasteiger partial charge in [0.25, 0.3) is 0 Å². The molecule has 0 amide bonds. The molecule has 0 aliphatic heterocycles. The molecule has 1 aliphatic rings. The van der Waals surface area contributed by atoms with E-state index in [1.54, 1.807) is 0 Å². The lowest BCUT2D eigenvalue weighted by Gasteiger charge is -2.13. The molecule has 0 spiro atoms. The summed E-state index contributed by atoms with van der Waals surface area (Å²) in [5.41, 5.74) is 1.17. The van der Waals surface area contributed by atoms with E-state index >= 15 is 0 Å². The molecule has 0 radical (unpaired) electrons. The fraction of sp³-hybridized carbons (Fsp3) is 0.308. The highest BCUT2D eigenvalue weighted by molar-refractivity contribution is 9.26. The van der Waals surface area contributed by atoms with Gasteiger partial charge in [0.15, 0.2) is 6.69 Å². The van der Waals surface area contributed by atoms with E-state index in [0.29, 0.717) is 5.92 Å². The second kappa shape index (κ2) is 4.68. The maximum Gasteiger partial charge on any atom is 0.154 e. The lowest BCUT2D eigenvalue weighted by Crippen LogP contribution is -2.17. The Morgan fingerprint density at radius 1 is 1.38 bits per heavy atom. The number of hydrogen-bond donors (Lipinski definition) is 0. The average molecular weight is 294 g/mol. The van der Waals surface area contributed by atoms with Crippen molar-refractivity contribution in [3.05, 3.63) is 53.5 Å². The van der Waals surface area contributed by atoms with Crippen molar-refractivity contribution in [2.75, 3.05) is 0 Å². The molecule has 0 N–H and O–H groups in total. The molecule has 1 unspecified atom stereocenters. The molecule has 1 nitrogen and oxygen atoms in total. The highest BCUT2D eigenvalue weighted by atomic mass is 79.9. The predicted molar refractivity (Wildman–Crippen MR) is 75.1 cm³/mol. The summed E-state index contributed by atoms with van der Waals surface area (Å²) in [6, 6.07) is 6.11. The van der Waals surface area contributed by atoms with Crippen LogP contribution in [-0.2, 0) is 6.42 Å². The first-order chi connectivity index (χ1) is 7.55. The van der Waals surface area contributed by atoms with Crippen molar-refractivity contribution < 1.29 is 0 Å². The average Bonchev–Trinajstić information content (AvgIpc) is 2.67. The van der Waals surface area contributed by atoms with Crippen molar-refractivity contribution >= 4 is 22.0 Å². The summed E-state index contributed by atoms with van der Waals surface area (Å²) < 4.78 is 0. The molecule has 2 rings (SSSR count). The Morgan fingerprint density at radius 3 is 2.75 bits per heavy atom.